The lowest BCUT2D eigenvalue weighted by Gasteiger charge is -2.45. The number of rotatable bonds is 4. The Morgan fingerprint density at radius 2 is 2.31 bits per heavy atom. The Hall–Kier alpha value is -1.33. The van der Waals surface area contributed by atoms with Crippen LogP contribution < -0.4 is 0 Å². The Labute approximate surface area is 94.0 Å². The van der Waals surface area contributed by atoms with Crippen molar-refractivity contribution >= 4 is 5.97 Å². The molecule has 0 aromatic carbocycles. The Balaban J connectivity index is 2.36. The molecule has 1 aliphatic heterocycles. The van der Waals surface area contributed by atoms with Crippen molar-refractivity contribution in [2.75, 3.05) is 27.3 Å². The van der Waals surface area contributed by atoms with Crippen LogP contribution in [0.3, 0.4) is 0 Å². The summed E-state index contributed by atoms with van der Waals surface area (Å²) in [4.78, 5) is 16.3. The molecule has 88 valence electrons. The highest BCUT2D eigenvalue weighted by molar-refractivity contribution is 5.77. The number of nitrogens with one attached hydrogen (secondary N) is 1. The van der Waals surface area contributed by atoms with Crippen LogP contribution >= 0.6 is 0 Å². The molecule has 1 aliphatic rings. The molecule has 1 aromatic heterocycles. The SMILES string of the molecule is CN(C)C(c1cc[nH]c1)C1(C(=O)O)COC1. The first-order valence-corrected chi connectivity index (χ1v) is 5.18. The summed E-state index contributed by atoms with van der Waals surface area (Å²) in [6.07, 6.45) is 3.65. The molecule has 1 fully saturated rings. The number of aliphatic carboxylic acids is 1. The highest BCUT2D eigenvalue weighted by atomic mass is 16.5. The van der Waals surface area contributed by atoms with Gasteiger partial charge in [-0.1, -0.05) is 0 Å². The molecule has 16 heavy (non-hydrogen) atoms. The molecule has 1 aromatic rings. The highest BCUT2D eigenvalue weighted by Crippen LogP contribution is 2.43. The first-order valence-electron chi connectivity index (χ1n) is 5.18. The van der Waals surface area contributed by atoms with E-state index < -0.39 is 11.4 Å². The van der Waals surface area contributed by atoms with E-state index in [4.69, 9.17) is 4.74 Å². The predicted molar refractivity (Wildman–Crippen MR) is 58.1 cm³/mol. The average Bonchev–Trinajstić information content (AvgIpc) is 2.61. The maximum Gasteiger partial charge on any atom is 0.316 e. The van der Waals surface area contributed by atoms with E-state index in [0.717, 1.165) is 5.56 Å². The molecule has 2 N–H and O–H groups in total. The molecule has 0 bridgehead atoms. The smallest absolute Gasteiger partial charge is 0.316 e. The van der Waals surface area contributed by atoms with E-state index in [0.29, 0.717) is 0 Å². The zero-order chi connectivity index (χ0) is 11.8. The number of hydrogen-bond donors (Lipinski definition) is 2. The summed E-state index contributed by atoms with van der Waals surface area (Å²) in [5.74, 6) is -0.793. The zero-order valence-corrected chi connectivity index (χ0v) is 9.43. The monoisotopic (exact) mass is 224 g/mol. The summed E-state index contributed by atoms with van der Waals surface area (Å²) < 4.78 is 5.11. The van der Waals surface area contributed by atoms with Crippen molar-refractivity contribution in [1.82, 2.24) is 9.88 Å². The average molecular weight is 224 g/mol. The van der Waals surface area contributed by atoms with Gasteiger partial charge in [0.25, 0.3) is 0 Å². The Morgan fingerprint density at radius 1 is 1.62 bits per heavy atom. The summed E-state index contributed by atoms with van der Waals surface area (Å²) in [6.45, 7) is 0.548. The number of hydrogen-bond acceptors (Lipinski definition) is 3. The van der Waals surface area contributed by atoms with Crippen molar-refractivity contribution in [3.8, 4) is 0 Å². The van der Waals surface area contributed by atoms with E-state index in [-0.39, 0.29) is 19.3 Å². The maximum atomic E-state index is 11.4. The maximum absolute atomic E-state index is 11.4. The van der Waals surface area contributed by atoms with E-state index >= 15 is 0 Å². The summed E-state index contributed by atoms with van der Waals surface area (Å²) in [7, 11) is 3.78. The minimum atomic E-state index is -0.814. The molecule has 5 heteroatoms. The summed E-state index contributed by atoms with van der Waals surface area (Å²) in [5.41, 5.74) is 0.168. The van der Waals surface area contributed by atoms with Crippen LogP contribution in [0.25, 0.3) is 0 Å². The van der Waals surface area contributed by atoms with Crippen LogP contribution in [0.15, 0.2) is 18.5 Å². The molecule has 0 aliphatic carbocycles. The lowest BCUT2D eigenvalue weighted by molar-refractivity contribution is -0.193. The van der Waals surface area contributed by atoms with Gasteiger partial charge >= 0.3 is 5.97 Å². The number of aromatic nitrogens is 1. The fraction of sp³-hybridized carbons (Fsp3) is 0.545. The van der Waals surface area contributed by atoms with Crippen LogP contribution in [0.2, 0.25) is 0 Å². The normalized spacial score (nSPS) is 20.4. The Morgan fingerprint density at radius 3 is 2.62 bits per heavy atom. The van der Waals surface area contributed by atoms with Gasteiger partial charge in [-0.25, -0.2) is 0 Å². The number of aromatic amines is 1. The summed E-state index contributed by atoms with van der Waals surface area (Å²) >= 11 is 0. The fourth-order valence-corrected chi connectivity index (χ4v) is 2.34. The molecule has 1 atom stereocenters. The van der Waals surface area contributed by atoms with Crippen LogP contribution in [0.4, 0.5) is 0 Å². The third-order valence-electron chi connectivity index (χ3n) is 3.12. The van der Waals surface area contributed by atoms with Gasteiger partial charge in [-0.3, -0.25) is 4.79 Å². The van der Waals surface area contributed by atoms with Crippen LogP contribution in [0.5, 0.6) is 0 Å². The summed E-state index contributed by atoms with van der Waals surface area (Å²) in [5, 5.41) is 9.39. The van der Waals surface area contributed by atoms with Crippen LogP contribution in [-0.2, 0) is 9.53 Å². The van der Waals surface area contributed by atoms with Gasteiger partial charge in [-0.15, -0.1) is 0 Å². The molecule has 0 saturated carbocycles. The van der Waals surface area contributed by atoms with Crippen molar-refractivity contribution in [2.24, 2.45) is 5.41 Å². The summed E-state index contributed by atoms with van der Waals surface area (Å²) in [6, 6.07) is 1.75. The second kappa shape index (κ2) is 3.92. The third kappa shape index (κ3) is 1.52. The van der Waals surface area contributed by atoms with Crippen molar-refractivity contribution in [2.45, 2.75) is 6.04 Å². The topological polar surface area (TPSA) is 65.6 Å². The molecule has 1 unspecified atom stereocenters. The molecule has 1 saturated heterocycles. The van der Waals surface area contributed by atoms with Crippen LogP contribution in [0.1, 0.15) is 11.6 Å². The van der Waals surface area contributed by atoms with E-state index in [9.17, 15) is 9.90 Å². The number of carboxylic acid groups (broad SMARTS) is 1. The highest BCUT2D eigenvalue weighted by Gasteiger charge is 2.54. The number of ether oxygens (including phenoxy) is 1. The standard InChI is InChI=1S/C11H16N2O3/c1-13(2)9(8-3-4-12-5-8)11(10(14)15)6-16-7-11/h3-5,9,12H,6-7H2,1-2H3,(H,14,15). The van der Waals surface area contributed by atoms with Crippen molar-refractivity contribution in [1.29, 1.82) is 0 Å². The van der Waals surface area contributed by atoms with Gasteiger partial charge in [0.15, 0.2) is 0 Å². The van der Waals surface area contributed by atoms with Gasteiger partial charge in [0.05, 0.1) is 19.3 Å². The first-order chi connectivity index (χ1) is 7.58. The van der Waals surface area contributed by atoms with Crippen molar-refractivity contribution in [3.05, 3.63) is 24.0 Å². The lowest BCUT2D eigenvalue weighted by atomic mass is 9.75. The molecule has 2 heterocycles. The van der Waals surface area contributed by atoms with Crippen LogP contribution in [-0.4, -0.2) is 48.3 Å². The molecule has 5 nitrogen and oxygen atoms in total. The lowest BCUT2D eigenvalue weighted by Crippen LogP contribution is -2.56. The zero-order valence-electron chi connectivity index (χ0n) is 9.43. The fourth-order valence-electron chi connectivity index (χ4n) is 2.34. The van der Waals surface area contributed by atoms with Crippen molar-refractivity contribution in [3.63, 3.8) is 0 Å². The second-order valence-corrected chi connectivity index (χ2v) is 4.46. The van der Waals surface area contributed by atoms with E-state index in [1.807, 2.05) is 31.3 Å². The Bertz CT molecular complexity index is 369. The largest absolute Gasteiger partial charge is 0.481 e. The number of carboxylic acids is 1. The van der Waals surface area contributed by atoms with Gasteiger partial charge in [0.1, 0.15) is 5.41 Å². The third-order valence-corrected chi connectivity index (χ3v) is 3.12. The predicted octanol–water partition coefficient (Wildman–Crippen LogP) is 0.719. The van der Waals surface area contributed by atoms with Crippen molar-refractivity contribution < 1.29 is 14.6 Å². The van der Waals surface area contributed by atoms with Gasteiger partial charge in [0.2, 0.25) is 0 Å². The molecular formula is C11H16N2O3. The molecular weight excluding hydrogens is 208 g/mol. The van der Waals surface area contributed by atoms with E-state index in [2.05, 4.69) is 4.98 Å². The van der Waals surface area contributed by atoms with Gasteiger partial charge in [-0.2, -0.15) is 0 Å². The van der Waals surface area contributed by atoms with Gasteiger partial charge in [0, 0.05) is 12.4 Å². The molecule has 0 amide bonds. The number of H-pyrrole nitrogens is 1. The quantitative estimate of drug-likeness (QED) is 0.791. The van der Waals surface area contributed by atoms with Gasteiger partial charge in [-0.05, 0) is 25.7 Å². The molecule has 0 radical (unpaired) electrons. The minimum Gasteiger partial charge on any atom is -0.481 e. The van der Waals surface area contributed by atoms with Gasteiger partial charge < -0.3 is 19.7 Å². The second-order valence-electron chi connectivity index (χ2n) is 4.46. The molecule has 2 rings (SSSR count). The van der Waals surface area contributed by atoms with E-state index in [1.54, 1.807) is 6.20 Å². The number of nitrogens with zero attached hydrogens (tertiary/aromatic N) is 1. The van der Waals surface area contributed by atoms with Crippen LogP contribution in [0, 0.1) is 5.41 Å². The first kappa shape index (κ1) is 11.2. The Kier molecular flexibility index (Phi) is 2.73. The molecule has 0 spiro atoms. The minimum absolute atomic E-state index is 0.162. The number of carbonyl (C=O) groups is 1. The van der Waals surface area contributed by atoms with E-state index in [1.165, 1.54) is 0 Å².